The van der Waals surface area contributed by atoms with Crippen LogP contribution in [0.1, 0.15) is 35.7 Å². The molecule has 0 heterocycles. The van der Waals surface area contributed by atoms with Crippen LogP contribution in [0, 0.1) is 12.8 Å². The van der Waals surface area contributed by atoms with Gasteiger partial charge >= 0.3 is 0 Å². The summed E-state index contributed by atoms with van der Waals surface area (Å²) in [5.74, 6) is 0.530. The minimum Gasteiger partial charge on any atom is -0.507 e. The van der Waals surface area contributed by atoms with Crippen molar-refractivity contribution in [3.05, 3.63) is 29.3 Å². The number of ether oxygens (including phenoxy) is 1. The Morgan fingerprint density at radius 1 is 1.50 bits per heavy atom. The van der Waals surface area contributed by atoms with Gasteiger partial charge < -0.3 is 14.7 Å². The Morgan fingerprint density at radius 2 is 2.20 bits per heavy atom. The summed E-state index contributed by atoms with van der Waals surface area (Å²) in [6, 6.07) is 5.37. The zero-order chi connectivity index (χ0) is 14.7. The van der Waals surface area contributed by atoms with Crippen LogP contribution in [0.2, 0.25) is 0 Å². The molecular weight excluding hydrogens is 254 g/mol. The van der Waals surface area contributed by atoms with Crippen LogP contribution in [0.5, 0.6) is 5.75 Å². The third-order valence-electron chi connectivity index (χ3n) is 3.98. The van der Waals surface area contributed by atoms with E-state index in [0.29, 0.717) is 24.6 Å². The van der Waals surface area contributed by atoms with Crippen LogP contribution in [-0.2, 0) is 4.74 Å². The summed E-state index contributed by atoms with van der Waals surface area (Å²) in [7, 11) is 1.63. The van der Waals surface area contributed by atoms with E-state index in [1.54, 1.807) is 19.2 Å². The number of phenolic OH excluding ortho intramolecular Hbond substituents is 1. The second kappa shape index (κ2) is 6.27. The fourth-order valence-corrected chi connectivity index (χ4v) is 2.49. The predicted molar refractivity (Wildman–Crippen MR) is 77.9 cm³/mol. The minimum absolute atomic E-state index is 0.0559. The normalized spacial score (nSPS) is 15.9. The summed E-state index contributed by atoms with van der Waals surface area (Å²) in [4.78, 5) is 14.5. The molecule has 1 fully saturated rings. The Balaban J connectivity index is 2.20. The fourth-order valence-electron chi connectivity index (χ4n) is 2.49. The number of carbonyl (C=O) groups is 1. The molecule has 4 heteroatoms. The van der Waals surface area contributed by atoms with Gasteiger partial charge in [0.05, 0.1) is 12.2 Å². The van der Waals surface area contributed by atoms with Crippen molar-refractivity contribution in [2.75, 3.05) is 20.3 Å². The Hall–Kier alpha value is -1.55. The smallest absolute Gasteiger partial charge is 0.257 e. The van der Waals surface area contributed by atoms with Crippen molar-refractivity contribution in [2.24, 2.45) is 5.92 Å². The Bertz CT molecular complexity index is 483. The third kappa shape index (κ3) is 3.31. The number of methoxy groups -OCH3 is 1. The van der Waals surface area contributed by atoms with Crippen LogP contribution < -0.4 is 0 Å². The van der Waals surface area contributed by atoms with Crippen LogP contribution in [0.3, 0.4) is 0 Å². The molecule has 1 atom stereocenters. The summed E-state index contributed by atoms with van der Waals surface area (Å²) in [6.45, 7) is 5.04. The molecule has 20 heavy (non-hydrogen) atoms. The highest BCUT2D eigenvalue weighted by Gasteiger charge is 2.34. The van der Waals surface area contributed by atoms with Crippen molar-refractivity contribution in [3.8, 4) is 5.75 Å². The molecule has 0 aliphatic heterocycles. The number of nitrogens with zero attached hydrogens (tertiary/aromatic N) is 1. The van der Waals surface area contributed by atoms with E-state index in [1.807, 2.05) is 17.9 Å². The van der Waals surface area contributed by atoms with Gasteiger partial charge in [-0.2, -0.15) is 0 Å². The zero-order valence-electron chi connectivity index (χ0n) is 12.4. The number of aromatic hydroxyl groups is 1. The standard InChI is InChI=1S/C16H23NO3/c1-11-4-7-14(15(18)10-11)16(19)17(8-9-20-3)12(2)13-5-6-13/h4,7,10,12-13,18H,5-6,8-9H2,1-3H3. The van der Waals surface area contributed by atoms with Crippen LogP contribution in [0.15, 0.2) is 18.2 Å². The second-order valence-electron chi connectivity index (χ2n) is 5.59. The molecule has 2 rings (SSSR count). The van der Waals surface area contributed by atoms with Crippen LogP contribution in [0.25, 0.3) is 0 Å². The van der Waals surface area contributed by atoms with Gasteiger partial charge in [-0.25, -0.2) is 0 Å². The van der Waals surface area contributed by atoms with Gasteiger partial charge in [-0.1, -0.05) is 6.07 Å². The summed E-state index contributed by atoms with van der Waals surface area (Å²) >= 11 is 0. The molecule has 1 aliphatic rings. The highest BCUT2D eigenvalue weighted by molar-refractivity contribution is 5.97. The molecule has 110 valence electrons. The average molecular weight is 277 g/mol. The van der Waals surface area contributed by atoms with Gasteiger partial charge in [0, 0.05) is 19.7 Å². The SMILES string of the molecule is COCCN(C(=O)c1ccc(C)cc1O)C(C)C1CC1. The molecular formula is C16H23NO3. The first kappa shape index (κ1) is 14.9. The topological polar surface area (TPSA) is 49.8 Å². The van der Waals surface area contributed by atoms with E-state index in [0.717, 1.165) is 5.56 Å². The van der Waals surface area contributed by atoms with Crippen LogP contribution in [-0.4, -0.2) is 42.2 Å². The average Bonchev–Trinajstić information content (AvgIpc) is 3.22. The largest absolute Gasteiger partial charge is 0.507 e. The Labute approximate surface area is 120 Å². The minimum atomic E-state index is -0.112. The first-order valence-corrected chi connectivity index (χ1v) is 7.14. The van der Waals surface area contributed by atoms with Crippen LogP contribution in [0.4, 0.5) is 0 Å². The van der Waals surface area contributed by atoms with Gasteiger partial charge in [0.15, 0.2) is 0 Å². The van der Waals surface area contributed by atoms with E-state index in [2.05, 4.69) is 6.92 Å². The van der Waals surface area contributed by atoms with Gasteiger partial charge in [0.1, 0.15) is 5.75 Å². The van der Waals surface area contributed by atoms with E-state index in [-0.39, 0.29) is 17.7 Å². The van der Waals surface area contributed by atoms with Crippen molar-refractivity contribution in [1.82, 2.24) is 4.90 Å². The summed E-state index contributed by atoms with van der Waals surface area (Å²) in [6.07, 6.45) is 2.36. The lowest BCUT2D eigenvalue weighted by Crippen LogP contribution is -2.42. The van der Waals surface area contributed by atoms with Gasteiger partial charge in [0.25, 0.3) is 5.91 Å². The van der Waals surface area contributed by atoms with Gasteiger partial charge in [-0.15, -0.1) is 0 Å². The lowest BCUT2D eigenvalue weighted by Gasteiger charge is -2.29. The highest BCUT2D eigenvalue weighted by atomic mass is 16.5. The van der Waals surface area contributed by atoms with Gasteiger partial charge in [0.2, 0.25) is 0 Å². The predicted octanol–water partition coefficient (Wildman–Crippen LogP) is 2.59. The monoisotopic (exact) mass is 277 g/mol. The highest BCUT2D eigenvalue weighted by Crippen LogP contribution is 2.36. The van der Waals surface area contributed by atoms with E-state index >= 15 is 0 Å². The maximum absolute atomic E-state index is 12.7. The molecule has 1 unspecified atom stereocenters. The number of phenols is 1. The molecule has 0 aromatic heterocycles. The number of hydrogen-bond donors (Lipinski definition) is 1. The number of hydrogen-bond acceptors (Lipinski definition) is 3. The molecule has 1 aromatic carbocycles. The quantitative estimate of drug-likeness (QED) is 0.869. The lowest BCUT2D eigenvalue weighted by atomic mass is 10.1. The molecule has 1 aliphatic carbocycles. The molecule has 4 nitrogen and oxygen atoms in total. The van der Waals surface area contributed by atoms with Crippen molar-refractivity contribution in [1.29, 1.82) is 0 Å². The third-order valence-corrected chi connectivity index (χ3v) is 3.98. The molecule has 1 aromatic rings. The van der Waals surface area contributed by atoms with E-state index in [1.165, 1.54) is 12.8 Å². The zero-order valence-corrected chi connectivity index (χ0v) is 12.4. The molecule has 1 saturated carbocycles. The maximum Gasteiger partial charge on any atom is 0.257 e. The van der Waals surface area contributed by atoms with Crippen LogP contribution >= 0.6 is 0 Å². The summed E-state index contributed by atoms with van der Waals surface area (Å²) < 4.78 is 5.10. The first-order valence-electron chi connectivity index (χ1n) is 7.14. The number of benzene rings is 1. The molecule has 0 radical (unpaired) electrons. The number of aryl methyl sites for hydroxylation is 1. The van der Waals surface area contributed by atoms with E-state index in [9.17, 15) is 9.90 Å². The Kier molecular flexibility index (Phi) is 4.65. The first-order chi connectivity index (χ1) is 9.54. The molecule has 0 spiro atoms. The Morgan fingerprint density at radius 3 is 2.75 bits per heavy atom. The fraction of sp³-hybridized carbons (Fsp3) is 0.562. The second-order valence-corrected chi connectivity index (χ2v) is 5.59. The van der Waals surface area contributed by atoms with Gasteiger partial charge in [-0.05, 0) is 50.3 Å². The van der Waals surface area contributed by atoms with Gasteiger partial charge in [-0.3, -0.25) is 4.79 Å². The molecule has 1 amide bonds. The summed E-state index contributed by atoms with van der Waals surface area (Å²) in [5.41, 5.74) is 1.32. The van der Waals surface area contributed by atoms with Crippen molar-refractivity contribution >= 4 is 5.91 Å². The number of amides is 1. The maximum atomic E-state index is 12.7. The molecule has 0 bridgehead atoms. The summed E-state index contributed by atoms with van der Waals surface area (Å²) in [5, 5.41) is 9.99. The van der Waals surface area contributed by atoms with Crippen molar-refractivity contribution in [2.45, 2.75) is 32.7 Å². The number of carbonyl (C=O) groups excluding carboxylic acids is 1. The molecule has 1 N–H and O–H groups in total. The van der Waals surface area contributed by atoms with Crippen molar-refractivity contribution in [3.63, 3.8) is 0 Å². The number of rotatable bonds is 6. The molecule has 0 saturated heterocycles. The van der Waals surface area contributed by atoms with E-state index in [4.69, 9.17) is 4.74 Å². The lowest BCUT2D eigenvalue weighted by molar-refractivity contribution is 0.0592. The van der Waals surface area contributed by atoms with Crippen molar-refractivity contribution < 1.29 is 14.6 Å². The van der Waals surface area contributed by atoms with E-state index < -0.39 is 0 Å².